The second-order valence-electron chi connectivity index (χ2n) is 4.56. The maximum atomic E-state index is 12.1. The van der Waals surface area contributed by atoms with E-state index in [0.717, 1.165) is 0 Å². The third-order valence-corrected chi connectivity index (χ3v) is 3.05. The molecule has 0 radical (unpaired) electrons. The zero-order chi connectivity index (χ0) is 13.1. The number of hydrogen-bond acceptors (Lipinski definition) is 4. The largest absolute Gasteiger partial charge is 0.349 e. The van der Waals surface area contributed by atoms with Crippen LogP contribution in [0.25, 0.3) is 0 Å². The van der Waals surface area contributed by atoms with E-state index in [4.69, 9.17) is 0 Å². The first-order chi connectivity index (χ1) is 8.59. The zero-order valence-corrected chi connectivity index (χ0v) is 10.5. The molecular weight excluding hydrogens is 232 g/mol. The van der Waals surface area contributed by atoms with E-state index in [1.807, 2.05) is 0 Å². The van der Waals surface area contributed by atoms with Crippen LogP contribution < -0.4 is 0 Å². The lowest BCUT2D eigenvalue weighted by atomic mass is 10.1. The molecule has 6 heteroatoms. The Kier molecular flexibility index (Phi) is 3.55. The van der Waals surface area contributed by atoms with Crippen LogP contribution in [0, 0.1) is 5.92 Å². The van der Waals surface area contributed by atoms with E-state index in [0.29, 0.717) is 25.2 Å². The highest BCUT2D eigenvalue weighted by molar-refractivity contribution is 5.92. The molecule has 1 aliphatic rings. The fourth-order valence-corrected chi connectivity index (χ4v) is 2.08. The molecule has 1 fully saturated rings. The number of carbonyl (C=O) groups is 2. The van der Waals surface area contributed by atoms with Gasteiger partial charge in [0.05, 0.1) is 12.1 Å². The summed E-state index contributed by atoms with van der Waals surface area (Å²) < 4.78 is 0. The van der Waals surface area contributed by atoms with E-state index in [-0.39, 0.29) is 17.7 Å². The first-order valence-corrected chi connectivity index (χ1v) is 5.86. The molecule has 0 N–H and O–H groups in total. The van der Waals surface area contributed by atoms with Crippen LogP contribution in [-0.2, 0) is 4.79 Å². The standard InChI is InChI=1S/C12H16N4O2/c1-15(2)11(17)9-3-6-16(8-9)12(18)10-7-13-4-5-14-10/h4-5,7,9H,3,6,8H2,1-2H3/t9-/m0/s1. The third-order valence-electron chi connectivity index (χ3n) is 3.05. The Morgan fingerprint density at radius 3 is 2.78 bits per heavy atom. The van der Waals surface area contributed by atoms with Crippen molar-refractivity contribution in [2.45, 2.75) is 6.42 Å². The molecule has 6 nitrogen and oxygen atoms in total. The van der Waals surface area contributed by atoms with E-state index in [1.165, 1.54) is 18.6 Å². The van der Waals surface area contributed by atoms with Crippen molar-refractivity contribution in [3.63, 3.8) is 0 Å². The van der Waals surface area contributed by atoms with Gasteiger partial charge in [0.1, 0.15) is 5.69 Å². The van der Waals surface area contributed by atoms with Gasteiger partial charge < -0.3 is 9.80 Å². The predicted octanol–water partition coefficient (Wildman–Crippen LogP) is 0.0269. The van der Waals surface area contributed by atoms with Crippen LogP contribution >= 0.6 is 0 Å². The van der Waals surface area contributed by atoms with Gasteiger partial charge in [0.25, 0.3) is 5.91 Å². The minimum Gasteiger partial charge on any atom is -0.349 e. The van der Waals surface area contributed by atoms with Crippen LogP contribution in [-0.4, -0.2) is 58.8 Å². The van der Waals surface area contributed by atoms with Crippen LogP contribution in [0.3, 0.4) is 0 Å². The summed E-state index contributed by atoms with van der Waals surface area (Å²) in [5.41, 5.74) is 0.329. The summed E-state index contributed by atoms with van der Waals surface area (Å²) in [4.78, 5) is 35.0. The second-order valence-corrected chi connectivity index (χ2v) is 4.56. The van der Waals surface area contributed by atoms with Crippen molar-refractivity contribution in [2.24, 2.45) is 5.92 Å². The fraction of sp³-hybridized carbons (Fsp3) is 0.500. The number of aromatic nitrogens is 2. The van der Waals surface area contributed by atoms with E-state index in [9.17, 15) is 9.59 Å². The summed E-state index contributed by atoms with van der Waals surface area (Å²) in [6, 6.07) is 0. The highest BCUT2D eigenvalue weighted by Crippen LogP contribution is 2.19. The molecular formula is C12H16N4O2. The summed E-state index contributed by atoms with van der Waals surface area (Å²) in [5.74, 6) is -0.178. The molecule has 96 valence electrons. The van der Waals surface area contributed by atoms with Crippen molar-refractivity contribution < 1.29 is 9.59 Å². The van der Waals surface area contributed by atoms with Crippen LogP contribution in [0.1, 0.15) is 16.9 Å². The Bertz CT molecular complexity index is 447. The van der Waals surface area contributed by atoms with E-state index >= 15 is 0 Å². The second kappa shape index (κ2) is 5.12. The van der Waals surface area contributed by atoms with Gasteiger partial charge in [-0.2, -0.15) is 0 Å². The topological polar surface area (TPSA) is 66.4 Å². The lowest BCUT2D eigenvalue weighted by molar-refractivity contribution is -0.132. The number of amides is 2. The highest BCUT2D eigenvalue weighted by Gasteiger charge is 2.32. The molecule has 0 bridgehead atoms. The minimum absolute atomic E-state index is 0.0736. The van der Waals surface area contributed by atoms with Crippen LogP contribution in [0.2, 0.25) is 0 Å². The number of rotatable bonds is 2. The predicted molar refractivity (Wildman–Crippen MR) is 64.7 cm³/mol. The van der Waals surface area contributed by atoms with Crippen molar-refractivity contribution in [1.29, 1.82) is 0 Å². The number of likely N-dealkylation sites (tertiary alicyclic amines) is 1. The maximum absolute atomic E-state index is 12.1. The molecule has 0 unspecified atom stereocenters. The first kappa shape index (κ1) is 12.5. The Morgan fingerprint density at radius 1 is 1.39 bits per heavy atom. The van der Waals surface area contributed by atoms with Crippen molar-refractivity contribution in [3.05, 3.63) is 24.3 Å². The van der Waals surface area contributed by atoms with Crippen LogP contribution in [0.15, 0.2) is 18.6 Å². The third kappa shape index (κ3) is 2.47. The zero-order valence-electron chi connectivity index (χ0n) is 10.5. The maximum Gasteiger partial charge on any atom is 0.274 e. The molecule has 2 amide bonds. The van der Waals surface area contributed by atoms with Crippen molar-refractivity contribution in [2.75, 3.05) is 27.2 Å². The monoisotopic (exact) mass is 248 g/mol. The molecule has 0 spiro atoms. The molecule has 18 heavy (non-hydrogen) atoms. The number of carbonyl (C=O) groups excluding carboxylic acids is 2. The van der Waals surface area contributed by atoms with Gasteiger partial charge in [-0.05, 0) is 6.42 Å². The van der Waals surface area contributed by atoms with Gasteiger partial charge in [-0.3, -0.25) is 14.6 Å². The van der Waals surface area contributed by atoms with E-state index < -0.39 is 0 Å². The van der Waals surface area contributed by atoms with Gasteiger partial charge in [0.15, 0.2) is 0 Å². The quantitative estimate of drug-likeness (QED) is 0.740. The highest BCUT2D eigenvalue weighted by atomic mass is 16.2. The number of hydrogen-bond donors (Lipinski definition) is 0. The first-order valence-electron chi connectivity index (χ1n) is 5.86. The summed E-state index contributed by atoms with van der Waals surface area (Å²) in [7, 11) is 3.46. The van der Waals surface area contributed by atoms with Crippen molar-refractivity contribution >= 4 is 11.8 Å². The van der Waals surface area contributed by atoms with Crippen molar-refractivity contribution in [1.82, 2.24) is 19.8 Å². The average molecular weight is 248 g/mol. The molecule has 0 aliphatic carbocycles. The van der Waals surface area contributed by atoms with E-state index in [2.05, 4.69) is 9.97 Å². The summed E-state index contributed by atoms with van der Waals surface area (Å²) in [6.07, 6.45) is 5.18. The molecule has 2 rings (SSSR count). The minimum atomic E-state index is -0.155. The lowest BCUT2D eigenvalue weighted by Gasteiger charge is -2.17. The van der Waals surface area contributed by atoms with Gasteiger partial charge in [-0.1, -0.05) is 0 Å². The van der Waals surface area contributed by atoms with Gasteiger partial charge in [0.2, 0.25) is 5.91 Å². The Balaban J connectivity index is 2.01. The Morgan fingerprint density at radius 2 is 2.17 bits per heavy atom. The molecule has 0 aromatic carbocycles. The van der Waals surface area contributed by atoms with E-state index in [1.54, 1.807) is 23.9 Å². The molecule has 0 saturated carbocycles. The van der Waals surface area contributed by atoms with Gasteiger partial charge in [0, 0.05) is 39.6 Å². The number of nitrogens with zero attached hydrogens (tertiary/aromatic N) is 4. The van der Waals surface area contributed by atoms with Gasteiger partial charge >= 0.3 is 0 Å². The molecule has 1 aliphatic heterocycles. The summed E-state index contributed by atoms with van der Waals surface area (Å²) in [5, 5.41) is 0. The molecule has 1 aromatic rings. The van der Waals surface area contributed by atoms with Crippen LogP contribution in [0.4, 0.5) is 0 Å². The summed E-state index contributed by atoms with van der Waals surface area (Å²) >= 11 is 0. The molecule has 1 aromatic heterocycles. The SMILES string of the molecule is CN(C)C(=O)[C@H]1CCN(C(=O)c2cnccn2)C1. The molecule has 1 saturated heterocycles. The fourth-order valence-electron chi connectivity index (χ4n) is 2.08. The van der Waals surface area contributed by atoms with Gasteiger partial charge in [-0.25, -0.2) is 4.98 Å². The normalized spacial score (nSPS) is 18.8. The molecule has 1 atom stereocenters. The summed E-state index contributed by atoms with van der Waals surface area (Å²) in [6.45, 7) is 1.06. The van der Waals surface area contributed by atoms with Gasteiger partial charge in [-0.15, -0.1) is 0 Å². The lowest BCUT2D eigenvalue weighted by Crippen LogP contribution is -2.34. The average Bonchev–Trinajstić information content (AvgIpc) is 2.87. The van der Waals surface area contributed by atoms with Crippen molar-refractivity contribution in [3.8, 4) is 0 Å². The molecule has 2 heterocycles. The Labute approximate surface area is 106 Å². The van der Waals surface area contributed by atoms with Crippen LogP contribution in [0.5, 0.6) is 0 Å². The smallest absolute Gasteiger partial charge is 0.274 e. The Hall–Kier alpha value is -1.98.